The first-order valence-corrected chi connectivity index (χ1v) is 11.2. The number of aryl methyl sites for hydroxylation is 2. The van der Waals surface area contributed by atoms with Gasteiger partial charge in [0.1, 0.15) is 17.2 Å². The van der Waals surface area contributed by atoms with Crippen LogP contribution in [0.15, 0.2) is 23.3 Å². The molecule has 5 heteroatoms. The predicted molar refractivity (Wildman–Crippen MR) is 131 cm³/mol. The Labute approximate surface area is 197 Å². The summed E-state index contributed by atoms with van der Waals surface area (Å²) in [4.78, 5) is 24.3. The number of carbonyl (C=O) groups excluding carboxylic acids is 2. The van der Waals surface area contributed by atoms with Gasteiger partial charge in [0, 0.05) is 11.1 Å². The van der Waals surface area contributed by atoms with E-state index in [-0.39, 0.29) is 11.1 Å². The summed E-state index contributed by atoms with van der Waals surface area (Å²) >= 11 is 0. The molecule has 0 saturated heterocycles. The van der Waals surface area contributed by atoms with Crippen LogP contribution in [0, 0.1) is 41.5 Å². The molecule has 5 nitrogen and oxygen atoms in total. The van der Waals surface area contributed by atoms with Crippen molar-refractivity contribution in [1.82, 2.24) is 0 Å². The monoisotopic (exact) mass is 452 g/mol. The minimum Gasteiger partial charge on any atom is -0.466 e. The summed E-state index contributed by atoms with van der Waals surface area (Å²) in [5, 5.41) is 0. The van der Waals surface area contributed by atoms with Crippen LogP contribution in [0.2, 0.25) is 0 Å². The fraction of sp³-hybridized carbons (Fsp3) is 0.429. The first-order chi connectivity index (χ1) is 15.3. The SMILES string of the molecule is COC(=O)/C(C)=C(\C)C(=O)Oc1c(C)cc(Oc2c(C)c(C)c(C(C)C)c(C)c2C)cc1C. The van der Waals surface area contributed by atoms with Crippen LogP contribution in [0.5, 0.6) is 17.2 Å². The van der Waals surface area contributed by atoms with Crippen LogP contribution in [0.25, 0.3) is 0 Å². The van der Waals surface area contributed by atoms with Crippen LogP contribution in [0.1, 0.15) is 72.6 Å². The molecule has 0 heterocycles. The maximum atomic E-state index is 12.6. The van der Waals surface area contributed by atoms with E-state index in [0.717, 1.165) is 28.0 Å². The van der Waals surface area contributed by atoms with Crippen molar-refractivity contribution in [3.63, 3.8) is 0 Å². The average molecular weight is 453 g/mol. The van der Waals surface area contributed by atoms with Gasteiger partial charge in [-0.3, -0.25) is 0 Å². The molecule has 0 N–H and O–H groups in total. The summed E-state index contributed by atoms with van der Waals surface area (Å²) in [6.45, 7) is 19.7. The van der Waals surface area contributed by atoms with Crippen molar-refractivity contribution in [3.05, 3.63) is 62.2 Å². The maximum absolute atomic E-state index is 12.6. The summed E-state index contributed by atoms with van der Waals surface area (Å²) in [6, 6.07) is 3.73. The third-order valence-corrected chi connectivity index (χ3v) is 6.40. The third-order valence-electron chi connectivity index (χ3n) is 6.40. The van der Waals surface area contributed by atoms with Crippen molar-refractivity contribution in [2.75, 3.05) is 7.11 Å². The normalized spacial score (nSPS) is 11.9. The number of ether oxygens (including phenoxy) is 3. The van der Waals surface area contributed by atoms with Gasteiger partial charge in [-0.05, 0) is 112 Å². The van der Waals surface area contributed by atoms with E-state index in [1.165, 1.54) is 30.7 Å². The largest absolute Gasteiger partial charge is 0.466 e. The zero-order valence-corrected chi connectivity index (χ0v) is 21.8. The lowest BCUT2D eigenvalue weighted by molar-refractivity contribution is -0.137. The first-order valence-electron chi connectivity index (χ1n) is 11.2. The lowest BCUT2D eigenvalue weighted by atomic mass is 9.87. The van der Waals surface area contributed by atoms with E-state index in [0.29, 0.717) is 17.4 Å². The van der Waals surface area contributed by atoms with E-state index in [9.17, 15) is 9.59 Å². The molecule has 0 fully saturated rings. The molecule has 0 aliphatic carbocycles. The molecule has 0 aromatic heterocycles. The third kappa shape index (κ3) is 5.29. The molecule has 0 saturated carbocycles. The Morgan fingerprint density at radius 2 is 1.18 bits per heavy atom. The lowest BCUT2D eigenvalue weighted by Gasteiger charge is -2.23. The molecule has 0 amide bonds. The number of rotatable bonds is 6. The summed E-state index contributed by atoms with van der Waals surface area (Å²) < 4.78 is 16.7. The number of esters is 2. The number of carbonyl (C=O) groups is 2. The van der Waals surface area contributed by atoms with Crippen molar-refractivity contribution >= 4 is 11.9 Å². The highest BCUT2D eigenvalue weighted by Gasteiger charge is 2.21. The summed E-state index contributed by atoms with van der Waals surface area (Å²) in [5.41, 5.74) is 8.11. The van der Waals surface area contributed by atoms with Crippen molar-refractivity contribution in [3.8, 4) is 17.2 Å². The second-order valence-electron chi connectivity index (χ2n) is 9.02. The molecule has 178 valence electrons. The Hall–Kier alpha value is -3.08. The second kappa shape index (κ2) is 10.2. The van der Waals surface area contributed by atoms with Crippen molar-refractivity contribution in [2.45, 2.75) is 75.2 Å². The van der Waals surface area contributed by atoms with E-state index < -0.39 is 11.9 Å². The highest BCUT2D eigenvalue weighted by Crippen LogP contribution is 2.39. The van der Waals surface area contributed by atoms with Gasteiger partial charge in [-0.1, -0.05) is 13.8 Å². The van der Waals surface area contributed by atoms with Gasteiger partial charge < -0.3 is 14.2 Å². The Balaban J connectivity index is 2.41. The Bertz CT molecular complexity index is 1080. The molecule has 0 bridgehead atoms. The average Bonchev–Trinajstić information content (AvgIpc) is 2.75. The van der Waals surface area contributed by atoms with Crippen LogP contribution >= 0.6 is 0 Å². The molecule has 33 heavy (non-hydrogen) atoms. The smallest absolute Gasteiger partial charge is 0.339 e. The van der Waals surface area contributed by atoms with Gasteiger partial charge in [0.05, 0.1) is 7.11 Å². The van der Waals surface area contributed by atoms with Gasteiger partial charge in [0.25, 0.3) is 0 Å². The van der Waals surface area contributed by atoms with Crippen LogP contribution in [-0.4, -0.2) is 19.0 Å². The number of benzene rings is 2. The van der Waals surface area contributed by atoms with Gasteiger partial charge in [0.2, 0.25) is 0 Å². The Morgan fingerprint density at radius 1 is 0.727 bits per heavy atom. The zero-order valence-electron chi connectivity index (χ0n) is 21.8. The lowest BCUT2D eigenvalue weighted by Crippen LogP contribution is -2.15. The van der Waals surface area contributed by atoms with Gasteiger partial charge >= 0.3 is 11.9 Å². The van der Waals surface area contributed by atoms with Gasteiger partial charge in [-0.2, -0.15) is 0 Å². The van der Waals surface area contributed by atoms with Crippen molar-refractivity contribution in [1.29, 1.82) is 0 Å². The molecule has 0 aliphatic rings. The summed E-state index contributed by atoms with van der Waals surface area (Å²) in [5.74, 6) is 1.31. The van der Waals surface area contributed by atoms with Gasteiger partial charge in [0.15, 0.2) is 0 Å². The quantitative estimate of drug-likeness (QED) is 0.272. The van der Waals surface area contributed by atoms with E-state index in [2.05, 4.69) is 46.3 Å². The standard InChI is InChI=1S/C28H36O5/c1-14(2)24-17(5)19(7)26(20(8)18(24)6)32-23-12-15(3)25(16(4)13-23)33-28(30)22(10)21(9)27(29)31-11/h12-14H,1-11H3/b22-21+. The Morgan fingerprint density at radius 3 is 1.61 bits per heavy atom. The maximum Gasteiger partial charge on any atom is 0.339 e. The highest BCUT2D eigenvalue weighted by molar-refractivity contribution is 6.00. The predicted octanol–water partition coefficient (Wildman–Crippen LogP) is 6.87. The summed E-state index contributed by atoms with van der Waals surface area (Å²) in [7, 11) is 1.28. The van der Waals surface area contributed by atoms with Crippen molar-refractivity contribution < 1.29 is 23.8 Å². The molecule has 0 aliphatic heterocycles. The molecule has 0 atom stereocenters. The molecule has 2 aromatic carbocycles. The minimum atomic E-state index is -0.583. The molecular weight excluding hydrogens is 416 g/mol. The van der Waals surface area contributed by atoms with Gasteiger partial charge in [-0.25, -0.2) is 9.59 Å². The van der Waals surface area contributed by atoms with E-state index in [4.69, 9.17) is 9.47 Å². The van der Waals surface area contributed by atoms with Crippen molar-refractivity contribution in [2.24, 2.45) is 0 Å². The van der Waals surface area contributed by atoms with Crippen LogP contribution in [0.4, 0.5) is 0 Å². The first kappa shape index (κ1) is 26.2. The fourth-order valence-electron chi connectivity index (χ4n) is 4.20. The number of hydrogen-bond acceptors (Lipinski definition) is 5. The van der Waals surface area contributed by atoms with E-state index >= 15 is 0 Å². The van der Waals surface area contributed by atoms with Crippen LogP contribution < -0.4 is 9.47 Å². The number of hydrogen-bond donors (Lipinski definition) is 0. The molecular formula is C28H36O5. The van der Waals surface area contributed by atoms with Crippen LogP contribution in [0.3, 0.4) is 0 Å². The number of methoxy groups -OCH3 is 1. The molecule has 2 aromatic rings. The van der Waals surface area contributed by atoms with E-state index in [1.807, 2.05) is 26.0 Å². The van der Waals surface area contributed by atoms with Crippen LogP contribution in [-0.2, 0) is 14.3 Å². The molecule has 2 rings (SSSR count). The molecule has 0 unspecified atom stereocenters. The Kier molecular flexibility index (Phi) is 8.12. The minimum absolute atomic E-state index is 0.211. The second-order valence-corrected chi connectivity index (χ2v) is 9.02. The highest BCUT2D eigenvalue weighted by atomic mass is 16.5. The zero-order chi connectivity index (χ0) is 25.2. The topological polar surface area (TPSA) is 61.8 Å². The molecule has 0 radical (unpaired) electrons. The van der Waals surface area contributed by atoms with E-state index in [1.54, 1.807) is 6.92 Å². The molecule has 0 spiro atoms. The van der Waals surface area contributed by atoms with Gasteiger partial charge in [-0.15, -0.1) is 0 Å². The summed E-state index contributed by atoms with van der Waals surface area (Å²) in [6.07, 6.45) is 0. The fourth-order valence-corrected chi connectivity index (χ4v) is 4.20.